The number of nitrogens with one attached hydrogen (secondary N) is 1. The van der Waals surface area contributed by atoms with Crippen molar-refractivity contribution < 1.29 is 4.79 Å². The third-order valence-corrected chi connectivity index (χ3v) is 4.25. The highest BCUT2D eigenvalue weighted by Gasteiger charge is 2.33. The number of rotatable bonds is 1. The molecule has 1 amide bonds. The third kappa shape index (κ3) is 2.46. The van der Waals surface area contributed by atoms with Crippen molar-refractivity contribution in [2.45, 2.75) is 32.7 Å². The standard InChI is InChI=1S/C16H22N2O/c1-11-7-12(2)10-18(9-11)16(19)15-8-13-5-3-4-6-14(13)17-15/h3-6,11-12,15,17H,7-10H2,1-2H3/t11?,12?,15-/m0/s1. The summed E-state index contributed by atoms with van der Waals surface area (Å²) in [5.74, 6) is 1.52. The number of nitrogens with zero attached hydrogens (tertiary/aromatic N) is 1. The van der Waals surface area contributed by atoms with E-state index in [0.717, 1.165) is 25.2 Å². The van der Waals surface area contributed by atoms with Crippen molar-refractivity contribution in [1.82, 2.24) is 4.90 Å². The lowest BCUT2D eigenvalue weighted by atomic mass is 9.91. The van der Waals surface area contributed by atoms with Crippen molar-refractivity contribution in [3.05, 3.63) is 29.8 Å². The van der Waals surface area contributed by atoms with Gasteiger partial charge in [-0.1, -0.05) is 32.0 Å². The van der Waals surface area contributed by atoms with Crippen LogP contribution < -0.4 is 5.32 Å². The lowest BCUT2D eigenvalue weighted by Crippen LogP contribution is -2.48. The molecular weight excluding hydrogens is 236 g/mol. The number of carbonyl (C=O) groups is 1. The first-order valence-electron chi connectivity index (χ1n) is 7.26. The van der Waals surface area contributed by atoms with Crippen LogP contribution in [0.2, 0.25) is 0 Å². The fraction of sp³-hybridized carbons (Fsp3) is 0.562. The molecule has 3 rings (SSSR count). The molecule has 1 N–H and O–H groups in total. The molecule has 0 aromatic heterocycles. The summed E-state index contributed by atoms with van der Waals surface area (Å²) in [4.78, 5) is 14.7. The number of hydrogen-bond donors (Lipinski definition) is 1. The molecule has 0 saturated carbocycles. The number of likely N-dealkylation sites (tertiary alicyclic amines) is 1. The summed E-state index contributed by atoms with van der Waals surface area (Å²) >= 11 is 0. The van der Waals surface area contributed by atoms with Crippen molar-refractivity contribution >= 4 is 11.6 Å². The van der Waals surface area contributed by atoms with Gasteiger partial charge in [0.15, 0.2) is 0 Å². The highest BCUT2D eigenvalue weighted by Crippen LogP contribution is 2.28. The van der Waals surface area contributed by atoms with E-state index in [1.54, 1.807) is 0 Å². The lowest BCUT2D eigenvalue weighted by molar-refractivity contribution is -0.134. The maximum absolute atomic E-state index is 12.6. The second kappa shape index (κ2) is 4.87. The Labute approximate surface area is 115 Å². The Hall–Kier alpha value is -1.51. The molecule has 2 aliphatic rings. The minimum Gasteiger partial charge on any atom is -0.373 e. The molecule has 3 heteroatoms. The minimum atomic E-state index is -0.0603. The van der Waals surface area contributed by atoms with E-state index in [-0.39, 0.29) is 11.9 Å². The van der Waals surface area contributed by atoms with Crippen LogP contribution in [0, 0.1) is 11.8 Å². The molecular formula is C16H22N2O. The summed E-state index contributed by atoms with van der Waals surface area (Å²) in [5.41, 5.74) is 2.39. The number of amides is 1. The van der Waals surface area contributed by atoms with Crippen LogP contribution in [0.15, 0.2) is 24.3 Å². The van der Waals surface area contributed by atoms with Gasteiger partial charge >= 0.3 is 0 Å². The average Bonchev–Trinajstić information content (AvgIpc) is 2.80. The summed E-state index contributed by atoms with van der Waals surface area (Å²) in [6.07, 6.45) is 2.07. The van der Waals surface area contributed by atoms with E-state index >= 15 is 0 Å². The molecule has 0 aliphatic carbocycles. The van der Waals surface area contributed by atoms with E-state index in [2.05, 4.69) is 36.2 Å². The zero-order chi connectivity index (χ0) is 13.4. The number of hydrogen-bond acceptors (Lipinski definition) is 2. The average molecular weight is 258 g/mol. The Balaban J connectivity index is 1.69. The van der Waals surface area contributed by atoms with E-state index in [0.29, 0.717) is 11.8 Å². The molecule has 0 radical (unpaired) electrons. The molecule has 19 heavy (non-hydrogen) atoms. The Morgan fingerprint density at radius 1 is 1.21 bits per heavy atom. The number of para-hydroxylation sites is 1. The lowest BCUT2D eigenvalue weighted by Gasteiger charge is -2.36. The van der Waals surface area contributed by atoms with Gasteiger partial charge in [-0.05, 0) is 29.9 Å². The van der Waals surface area contributed by atoms with Crippen LogP contribution >= 0.6 is 0 Å². The normalized spacial score (nSPS) is 29.8. The Kier molecular flexibility index (Phi) is 3.21. The fourth-order valence-corrected chi connectivity index (χ4v) is 3.51. The first-order chi connectivity index (χ1) is 9.13. The Bertz CT molecular complexity index is 450. The van der Waals surface area contributed by atoms with Gasteiger partial charge in [-0.2, -0.15) is 0 Å². The number of piperidine rings is 1. The van der Waals surface area contributed by atoms with Crippen molar-refractivity contribution in [1.29, 1.82) is 0 Å². The van der Waals surface area contributed by atoms with Crippen LogP contribution in [-0.4, -0.2) is 29.9 Å². The maximum atomic E-state index is 12.6. The van der Waals surface area contributed by atoms with Gasteiger partial charge in [-0.15, -0.1) is 0 Å². The molecule has 1 fully saturated rings. The molecule has 102 valence electrons. The SMILES string of the molecule is CC1CC(C)CN(C(=O)[C@@H]2Cc3ccccc3N2)C1. The molecule has 1 saturated heterocycles. The van der Waals surface area contributed by atoms with Crippen LogP contribution in [-0.2, 0) is 11.2 Å². The van der Waals surface area contributed by atoms with Gasteiger partial charge in [0, 0.05) is 25.2 Å². The molecule has 2 aliphatic heterocycles. The summed E-state index contributed by atoms with van der Waals surface area (Å²) in [6.45, 7) is 6.31. The van der Waals surface area contributed by atoms with E-state index in [9.17, 15) is 4.79 Å². The van der Waals surface area contributed by atoms with Gasteiger partial charge in [0.05, 0.1) is 0 Å². The predicted molar refractivity (Wildman–Crippen MR) is 77.1 cm³/mol. The molecule has 0 bridgehead atoms. The summed E-state index contributed by atoms with van der Waals surface area (Å²) in [6, 6.07) is 8.17. The first kappa shape index (κ1) is 12.5. The minimum absolute atomic E-state index is 0.0603. The number of benzene rings is 1. The quantitative estimate of drug-likeness (QED) is 0.839. The second-order valence-electron chi connectivity index (χ2n) is 6.25. The predicted octanol–water partition coefficient (Wildman–Crippen LogP) is 2.53. The van der Waals surface area contributed by atoms with Crippen molar-refractivity contribution in [3.63, 3.8) is 0 Å². The Morgan fingerprint density at radius 2 is 1.89 bits per heavy atom. The van der Waals surface area contributed by atoms with Gasteiger partial charge in [-0.25, -0.2) is 0 Å². The summed E-state index contributed by atoms with van der Waals surface area (Å²) in [5, 5.41) is 3.37. The molecule has 0 spiro atoms. The number of carbonyl (C=O) groups excluding carboxylic acids is 1. The van der Waals surface area contributed by atoms with Gasteiger partial charge < -0.3 is 10.2 Å². The highest BCUT2D eigenvalue weighted by molar-refractivity contribution is 5.87. The summed E-state index contributed by atoms with van der Waals surface area (Å²) < 4.78 is 0. The smallest absolute Gasteiger partial charge is 0.245 e. The molecule has 3 atom stereocenters. The van der Waals surface area contributed by atoms with Crippen molar-refractivity contribution in [2.75, 3.05) is 18.4 Å². The van der Waals surface area contributed by atoms with Crippen molar-refractivity contribution in [2.24, 2.45) is 11.8 Å². The van der Waals surface area contributed by atoms with Crippen molar-refractivity contribution in [3.8, 4) is 0 Å². The third-order valence-electron chi connectivity index (χ3n) is 4.25. The van der Waals surface area contributed by atoms with Crippen LogP contribution in [0.3, 0.4) is 0 Å². The van der Waals surface area contributed by atoms with E-state index in [4.69, 9.17) is 0 Å². The molecule has 3 nitrogen and oxygen atoms in total. The van der Waals surface area contributed by atoms with Gasteiger partial charge in [-0.3, -0.25) is 4.79 Å². The first-order valence-corrected chi connectivity index (χ1v) is 7.26. The highest BCUT2D eigenvalue weighted by atomic mass is 16.2. The zero-order valence-electron chi connectivity index (χ0n) is 11.7. The largest absolute Gasteiger partial charge is 0.373 e. The van der Waals surface area contributed by atoms with Crippen LogP contribution in [0.5, 0.6) is 0 Å². The summed E-state index contributed by atoms with van der Waals surface area (Å²) in [7, 11) is 0. The maximum Gasteiger partial charge on any atom is 0.245 e. The molecule has 1 aromatic rings. The van der Waals surface area contributed by atoms with E-state index in [1.807, 2.05) is 12.1 Å². The van der Waals surface area contributed by atoms with Gasteiger partial charge in [0.25, 0.3) is 0 Å². The number of anilines is 1. The second-order valence-corrected chi connectivity index (χ2v) is 6.25. The van der Waals surface area contributed by atoms with E-state index in [1.165, 1.54) is 12.0 Å². The topological polar surface area (TPSA) is 32.3 Å². The van der Waals surface area contributed by atoms with Gasteiger partial charge in [0.2, 0.25) is 5.91 Å². The van der Waals surface area contributed by atoms with Crippen LogP contribution in [0.25, 0.3) is 0 Å². The Morgan fingerprint density at radius 3 is 2.58 bits per heavy atom. The molecule has 2 unspecified atom stereocenters. The van der Waals surface area contributed by atoms with Gasteiger partial charge in [0.1, 0.15) is 6.04 Å². The number of fused-ring (bicyclic) bond motifs is 1. The zero-order valence-corrected chi connectivity index (χ0v) is 11.7. The monoisotopic (exact) mass is 258 g/mol. The molecule has 2 heterocycles. The van der Waals surface area contributed by atoms with Crippen LogP contribution in [0.4, 0.5) is 5.69 Å². The van der Waals surface area contributed by atoms with E-state index < -0.39 is 0 Å². The van der Waals surface area contributed by atoms with Crippen LogP contribution in [0.1, 0.15) is 25.8 Å². The fourth-order valence-electron chi connectivity index (χ4n) is 3.51. The molecule has 1 aromatic carbocycles.